The lowest BCUT2D eigenvalue weighted by molar-refractivity contribution is -0.124. The van der Waals surface area contributed by atoms with Gasteiger partial charge in [0.15, 0.2) is 17.3 Å². The van der Waals surface area contributed by atoms with Crippen LogP contribution < -0.4 is 24.6 Å². The molecule has 1 N–H and O–H groups in total. The average molecular weight is 461 g/mol. The molecule has 0 unspecified atom stereocenters. The van der Waals surface area contributed by atoms with E-state index in [9.17, 15) is 14.9 Å². The highest BCUT2D eigenvalue weighted by molar-refractivity contribution is 6.03. The predicted molar refractivity (Wildman–Crippen MR) is 129 cm³/mol. The Balaban J connectivity index is 1.37. The van der Waals surface area contributed by atoms with E-state index in [0.29, 0.717) is 23.9 Å². The SMILES string of the molecule is CN1C(=C(C#N)C(=O)CCC(=O)NCC(C)(C)c2ccc3c(c2)OCO3)N(C)c2ccccc21. The monoisotopic (exact) mass is 460 g/mol. The Bertz CT molecular complexity index is 1180. The second-order valence-corrected chi connectivity index (χ2v) is 9.07. The average Bonchev–Trinajstić information content (AvgIpc) is 3.40. The largest absolute Gasteiger partial charge is 0.454 e. The van der Waals surface area contributed by atoms with Crippen molar-refractivity contribution in [2.75, 3.05) is 37.2 Å². The van der Waals surface area contributed by atoms with Crippen LogP contribution in [0, 0.1) is 11.3 Å². The molecular formula is C26H28N4O4. The lowest BCUT2D eigenvalue weighted by Crippen LogP contribution is -2.36. The van der Waals surface area contributed by atoms with E-state index < -0.39 is 0 Å². The first-order valence-corrected chi connectivity index (χ1v) is 11.1. The lowest BCUT2D eigenvalue weighted by Gasteiger charge is -2.26. The van der Waals surface area contributed by atoms with Crippen molar-refractivity contribution in [3.05, 3.63) is 59.4 Å². The van der Waals surface area contributed by atoms with Crippen molar-refractivity contribution in [2.45, 2.75) is 32.1 Å². The lowest BCUT2D eigenvalue weighted by atomic mass is 9.84. The Morgan fingerprint density at radius 1 is 1.03 bits per heavy atom. The van der Waals surface area contributed by atoms with Gasteiger partial charge in [0.2, 0.25) is 12.7 Å². The molecule has 2 aliphatic rings. The molecule has 0 atom stereocenters. The quantitative estimate of drug-likeness (QED) is 0.499. The minimum Gasteiger partial charge on any atom is -0.454 e. The molecule has 2 aromatic carbocycles. The van der Waals surface area contributed by atoms with Crippen LogP contribution >= 0.6 is 0 Å². The van der Waals surface area contributed by atoms with Crippen LogP contribution in [-0.2, 0) is 15.0 Å². The molecule has 0 aromatic heterocycles. The first kappa shape index (κ1) is 23.2. The smallest absolute Gasteiger partial charge is 0.231 e. The fourth-order valence-corrected chi connectivity index (χ4v) is 4.24. The number of carbonyl (C=O) groups is 2. The van der Waals surface area contributed by atoms with Gasteiger partial charge in [-0.2, -0.15) is 5.26 Å². The van der Waals surface area contributed by atoms with Crippen molar-refractivity contribution in [3.8, 4) is 17.6 Å². The minimum absolute atomic E-state index is 0.00882. The second-order valence-electron chi connectivity index (χ2n) is 9.07. The number of hydrogen-bond acceptors (Lipinski definition) is 7. The highest BCUT2D eigenvalue weighted by Crippen LogP contribution is 2.40. The van der Waals surface area contributed by atoms with Crippen LogP contribution in [0.15, 0.2) is 53.9 Å². The van der Waals surface area contributed by atoms with Gasteiger partial charge < -0.3 is 24.6 Å². The highest BCUT2D eigenvalue weighted by atomic mass is 16.7. The number of hydrogen-bond donors (Lipinski definition) is 1. The zero-order chi connectivity index (χ0) is 24.5. The maximum absolute atomic E-state index is 12.9. The Hall–Kier alpha value is -3.99. The molecule has 1 amide bonds. The third-order valence-corrected chi connectivity index (χ3v) is 6.31. The summed E-state index contributed by atoms with van der Waals surface area (Å²) in [6.07, 6.45) is -0.0321. The maximum atomic E-state index is 12.9. The van der Waals surface area contributed by atoms with E-state index in [0.717, 1.165) is 16.9 Å². The molecule has 8 heteroatoms. The summed E-state index contributed by atoms with van der Waals surface area (Å²) in [6, 6.07) is 15.5. The number of rotatable bonds is 7. The van der Waals surface area contributed by atoms with Gasteiger partial charge in [0.1, 0.15) is 17.5 Å². The molecule has 8 nitrogen and oxygen atoms in total. The number of anilines is 2. The van der Waals surface area contributed by atoms with Crippen LogP contribution in [0.25, 0.3) is 0 Å². The number of nitrogens with zero attached hydrogens (tertiary/aromatic N) is 3. The van der Waals surface area contributed by atoms with E-state index in [1.54, 1.807) is 0 Å². The number of allylic oxidation sites excluding steroid dienone is 1. The van der Waals surface area contributed by atoms with Crippen LogP contribution in [0.4, 0.5) is 11.4 Å². The van der Waals surface area contributed by atoms with Gasteiger partial charge in [-0.1, -0.05) is 32.0 Å². The Morgan fingerprint density at radius 2 is 1.68 bits per heavy atom. The van der Waals surface area contributed by atoms with Crippen molar-refractivity contribution < 1.29 is 19.1 Å². The molecule has 0 fully saturated rings. The number of fused-ring (bicyclic) bond motifs is 2. The summed E-state index contributed by atoms with van der Waals surface area (Å²) in [7, 11) is 3.65. The number of carbonyl (C=O) groups excluding carboxylic acids is 2. The summed E-state index contributed by atoms with van der Waals surface area (Å²) in [6.45, 7) is 4.66. The topological polar surface area (TPSA) is 94.9 Å². The summed E-state index contributed by atoms with van der Waals surface area (Å²) in [5.41, 5.74) is 2.56. The first-order valence-electron chi connectivity index (χ1n) is 11.1. The van der Waals surface area contributed by atoms with E-state index in [1.165, 1.54) is 0 Å². The molecular weight excluding hydrogens is 432 g/mol. The second kappa shape index (κ2) is 9.10. The zero-order valence-corrected chi connectivity index (χ0v) is 19.8. The fraction of sp³-hybridized carbons (Fsp3) is 0.346. The van der Waals surface area contributed by atoms with E-state index in [2.05, 4.69) is 11.4 Å². The van der Waals surface area contributed by atoms with Crippen LogP contribution in [0.3, 0.4) is 0 Å². The van der Waals surface area contributed by atoms with Crippen LogP contribution in [0.5, 0.6) is 11.5 Å². The molecule has 0 saturated carbocycles. The third-order valence-electron chi connectivity index (χ3n) is 6.31. The van der Waals surface area contributed by atoms with Crippen molar-refractivity contribution in [3.63, 3.8) is 0 Å². The number of nitrogens with one attached hydrogen (secondary N) is 1. The number of benzene rings is 2. The highest BCUT2D eigenvalue weighted by Gasteiger charge is 2.31. The van der Waals surface area contributed by atoms with Crippen molar-refractivity contribution >= 4 is 23.1 Å². The molecule has 0 spiro atoms. The molecule has 0 aliphatic carbocycles. The Kier molecular flexibility index (Phi) is 6.20. The molecule has 0 bridgehead atoms. The molecule has 0 saturated heterocycles. The van der Waals surface area contributed by atoms with Gasteiger partial charge in [0.05, 0.1) is 11.4 Å². The van der Waals surface area contributed by atoms with Crippen molar-refractivity contribution in [2.24, 2.45) is 0 Å². The van der Waals surface area contributed by atoms with Gasteiger partial charge in [-0.15, -0.1) is 0 Å². The Morgan fingerprint density at radius 3 is 2.32 bits per heavy atom. The van der Waals surface area contributed by atoms with Gasteiger partial charge in [-0.25, -0.2) is 0 Å². The van der Waals surface area contributed by atoms with Crippen molar-refractivity contribution in [1.29, 1.82) is 5.26 Å². The minimum atomic E-state index is -0.353. The number of amides is 1. The standard InChI is InChI=1S/C26H28N4O4/c1-26(2,17-9-11-22-23(13-17)34-16-33-22)15-28-24(32)12-10-21(31)18(14-27)25-29(3)19-7-5-6-8-20(19)30(25)4/h5-9,11,13H,10,12,15-16H2,1-4H3,(H,28,32). The summed E-state index contributed by atoms with van der Waals surface area (Å²) in [4.78, 5) is 29.1. The predicted octanol–water partition coefficient (Wildman–Crippen LogP) is 3.48. The molecule has 2 aromatic rings. The van der Waals surface area contributed by atoms with Gasteiger partial charge in [-0.05, 0) is 29.8 Å². The third kappa shape index (κ3) is 4.29. The molecule has 2 aliphatic heterocycles. The Labute approximate surface area is 199 Å². The first-order chi connectivity index (χ1) is 16.2. The normalized spacial score (nSPS) is 14.0. The maximum Gasteiger partial charge on any atom is 0.231 e. The molecule has 176 valence electrons. The van der Waals surface area contributed by atoms with E-state index in [-0.39, 0.29) is 42.3 Å². The summed E-state index contributed by atoms with van der Waals surface area (Å²) in [5, 5.41) is 12.7. The number of ether oxygens (including phenoxy) is 2. The van der Waals surface area contributed by atoms with Crippen LogP contribution in [-0.4, -0.2) is 39.1 Å². The number of nitriles is 1. The molecule has 4 rings (SSSR count). The summed E-state index contributed by atoms with van der Waals surface area (Å²) < 4.78 is 10.8. The molecule has 0 radical (unpaired) electrons. The van der Waals surface area contributed by atoms with Crippen LogP contribution in [0.2, 0.25) is 0 Å². The summed E-state index contributed by atoms with van der Waals surface area (Å²) >= 11 is 0. The molecule has 34 heavy (non-hydrogen) atoms. The van der Waals surface area contributed by atoms with Crippen LogP contribution in [0.1, 0.15) is 32.3 Å². The number of Topliss-reactive ketones (excluding diaryl/α,β-unsaturated/α-hetero) is 1. The van der Waals surface area contributed by atoms with Crippen molar-refractivity contribution in [1.82, 2.24) is 5.32 Å². The van der Waals surface area contributed by atoms with E-state index >= 15 is 0 Å². The summed E-state index contributed by atoms with van der Waals surface area (Å²) in [5.74, 6) is 1.35. The number of ketones is 1. The number of para-hydroxylation sites is 2. The van der Waals surface area contributed by atoms with E-state index in [4.69, 9.17) is 9.47 Å². The van der Waals surface area contributed by atoms with Gasteiger partial charge in [-0.3, -0.25) is 9.59 Å². The molecule has 2 heterocycles. The van der Waals surface area contributed by atoms with Gasteiger partial charge in [0, 0.05) is 38.9 Å². The van der Waals surface area contributed by atoms with Gasteiger partial charge in [0.25, 0.3) is 0 Å². The fourth-order valence-electron chi connectivity index (χ4n) is 4.24. The van der Waals surface area contributed by atoms with E-state index in [1.807, 2.05) is 80.2 Å². The zero-order valence-electron chi connectivity index (χ0n) is 19.8. The van der Waals surface area contributed by atoms with Gasteiger partial charge >= 0.3 is 0 Å².